The van der Waals surface area contributed by atoms with Crippen molar-refractivity contribution in [2.45, 2.75) is 47.0 Å². The summed E-state index contributed by atoms with van der Waals surface area (Å²) < 4.78 is 3.01. The van der Waals surface area contributed by atoms with Crippen molar-refractivity contribution in [3.63, 3.8) is 0 Å². The third-order valence-electron chi connectivity index (χ3n) is 3.08. The third-order valence-corrected chi connectivity index (χ3v) is 5.76. The monoisotopic (exact) mass is 381 g/mol. The zero-order valence-electron chi connectivity index (χ0n) is 13.3. The van der Waals surface area contributed by atoms with Gasteiger partial charge in [0.25, 0.3) is 0 Å². The van der Waals surface area contributed by atoms with E-state index in [1.54, 1.807) is 0 Å². The van der Waals surface area contributed by atoms with Crippen molar-refractivity contribution >= 4 is 0 Å². The molecule has 1 heteroatoms. The average molecular weight is 381 g/mol. The Balaban J connectivity index is 0.000000956. The first-order valence-corrected chi connectivity index (χ1v) is 9.68. The molecule has 0 bridgehead atoms. The predicted octanol–water partition coefficient (Wildman–Crippen LogP) is 2.53. The van der Waals surface area contributed by atoms with Crippen molar-refractivity contribution in [1.29, 1.82) is 0 Å². The third kappa shape index (κ3) is 5.28. The molecule has 0 aliphatic heterocycles. The van der Waals surface area contributed by atoms with Gasteiger partial charge in [0, 0.05) is 0 Å². The van der Waals surface area contributed by atoms with E-state index in [2.05, 4.69) is 69.3 Å². The topological polar surface area (TPSA) is 0 Å². The van der Waals surface area contributed by atoms with Gasteiger partial charge in [0.1, 0.15) is 0 Å². The first-order chi connectivity index (χ1) is 9.69. The molecule has 0 unspecified atom stereocenters. The van der Waals surface area contributed by atoms with E-state index in [0.717, 1.165) is 6.42 Å². The minimum atomic E-state index is -0.0220. The van der Waals surface area contributed by atoms with Crippen LogP contribution in [0.3, 0.4) is 0 Å². The Hall–Kier alpha value is -0.830. The Morgan fingerprint density at radius 1 is 0.800 bits per heavy atom. The van der Waals surface area contributed by atoms with E-state index in [-0.39, 0.29) is 21.2 Å². The van der Waals surface area contributed by atoms with Crippen molar-refractivity contribution in [2.75, 3.05) is 0 Å². The molecule has 0 N–H and O–H groups in total. The van der Waals surface area contributed by atoms with Crippen molar-refractivity contribution < 1.29 is 21.2 Å². The van der Waals surface area contributed by atoms with Gasteiger partial charge in [-0.25, -0.2) is 0 Å². The van der Waals surface area contributed by atoms with Crippen LogP contribution in [-0.2, 0) is 6.42 Å². The zero-order valence-corrected chi connectivity index (χ0v) is 15.4. The van der Waals surface area contributed by atoms with E-state index in [0.29, 0.717) is 5.92 Å². The molecule has 0 aliphatic rings. The molecule has 110 valence electrons. The quantitative estimate of drug-likeness (QED) is 0.715. The van der Waals surface area contributed by atoms with Gasteiger partial charge in [-0.3, -0.25) is 0 Å². The molecule has 0 amide bonds. The average Bonchev–Trinajstić information content (AvgIpc) is 2.50. The van der Waals surface area contributed by atoms with E-state index in [1.807, 2.05) is 13.8 Å². The second kappa shape index (κ2) is 9.17. The molecule has 0 saturated carbocycles. The molecule has 0 radical (unpaired) electrons. The number of rotatable bonds is 4. The van der Waals surface area contributed by atoms with E-state index in [9.17, 15) is 0 Å². The zero-order chi connectivity index (χ0) is 15.0. The van der Waals surface area contributed by atoms with Gasteiger partial charge < -0.3 is 0 Å². The number of benzene rings is 2. The van der Waals surface area contributed by atoms with Crippen LogP contribution in [0.2, 0.25) is 0 Å². The van der Waals surface area contributed by atoms with Gasteiger partial charge >= 0.3 is 121 Å². The Morgan fingerprint density at radius 3 is 1.65 bits per heavy atom. The fraction of sp³-hybridized carbons (Fsp3) is 0.368. The van der Waals surface area contributed by atoms with Gasteiger partial charge in [-0.05, 0) is 0 Å². The molecule has 0 fully saturated rings. The molecule has 0 saturated heterocycles. The van der Waals surface area contributed by atoms with Crippen molar-refractivity contribution in [3.8, 4) is 0 Å². The van der Waals surface area contributed by atoms with Crippen LogP contribution in [0.4, 0.5) is 0 Å². The Bertz CT molecular complexity index is 480. The fourth-order valence-corrected chi connectivity index (χ4v) is 3.98. The van der Waals surface area contributed by atoms with Gasteiger partial charge in [-0.1, -0.05) is 13.8 Å². The summed E-state index contributed by atoms with van der Waals surface area (Å²) in [5, 5.41) is 0. The van der Waals surface area contributed by atoms with Gasteiger partial charge in [-0.2, -0.15) is 0 Å². The summed E-state index contributed by atoms with van der Waals surface area (Å²) in [7, 11) is 0. The minimum absolute atomic E-state index is 0.0220. The summed E-state index contributed by atoms with van der Waals surface area (Å²) in [4.78, 5) is 0. The molecule has 20 heavy (non-hydrogen) atoms. The first kappa shape index (κ1) is 17.2. The van der Waals surface area contributed by atoms with Crippen LogP contribution >= 0.6 is 0 Å². The van der Waals surface area contributed by atoms with Gasteiger partial charge in [-0.15, -0.1) is 0 Å². The maximum atomic E-state index is 2.30. The molecule has 0 heterocycles. The molecule has 0 aliphatic carbocycles. The fourth-order valence-electron chi connectivity index (χ4n) is 1.82. The van der Waals surface area contributed by atoms with Crippen LogP contribution in [0.25, 0.3) is 0 Å². The van der Waals surface area contributed by atoms with E-state index < -0.39 is 0 Å². The van der Waals surface area contributed by atoms with Gasteiger partial charge in [0.2, 0.25) is 0 Å². The SMILES string of the molecule is CC.CCc1ccc([I-]c2ccc(C(C)C)cc2)cc1. The van der Waals surface area contributed by atoms with Gasteiger partial charge in [0.15, 0.2) is 0 Å². The van der Waals surface area contributed by atoms with Gasteiger partial charge in [0.05, 0.1) is 0 Å². The van der Waals surface area contributed by atoms with Crippen molar-refractivity contribution in [3.05, 3.63) is 66.8 Å². The van der Waals surface area contributed by atoms with Crippen molar-refractivity contribution in [1.82, 2.24) is 0 Å². The summed E-state index contributed by atoms with van der Waals surface area (Å²) in [6.45, 7) is 10.7. The summed E-state index contributed by atoms with van der Waals surface area (Å²) in [6, 6.07) is 18.3. The Kier molecular flexibility index (Phi) is 7.90. The normalized spacial score (nSPS) is 10.3. The van der Waals surface area contributed by atoms with Crippen LogP contribution in [-0.4, -0.2) is 0 Å². The van der Waals surface area contributed by atoms with Crippen LogP contribution in [0, 0.1) is 7.14 Å². The van der Waals surface area contributed by atoms with Crippen LogP contribution in [0.5, 0.6) is 0 Å². The Labute approximate surface area is 134 Å². The van der Waals surface area contributed by atoms with E-state index in [1.165, 1.54) is 18.3 Å². The predicted molar refractivity (Wildman–Crippen MR) is 85.1 cm³/mol. The van der Waals surface area contributed by atoms with Crippen molar-refractivity contribution in [2.24, 2.45) is 0 Å². The molecule has 2 aromatic rings. The molecule has 0 atom stereocenters. The first-order valence-electron chi connectivity index (χ1n) is 7.52. The summed E-state index contributed by atoms with van der Waals surface area (Å²) >= 11 is -0.0220. The second-order valence-corrected chi connectivity index (χ2v) is 7.81. The molecule has 2 aromatic carbocycles. The second-order valence-electron chi connectivity index (χ2n) is 4.78. The van der Waals surface area contributed by atoms with Crippen LogP contribution < -0.4 is 21.2 Å². The molecule has 0 nitrogen and oxygen atoms in total. The summed E-state index contributed by atoms with van der Waals surface area (Å²) in [6.07, 6.45) is 1.13. The standard InChI is InChI=1S/C17H20I.C2H6/c1-4-14-5-9-16(10-6-14)18-17-11-7-15(8-12-17)13(2)3;1-2/h5-13H,4H2,1-3H3;1-2H3/q-1;. The molecular weight excluding hydrogens is 355 g/mol. The van der Waals surface area contributed by atoms with E-state index in [4.69, 9.17) is 0 Å². The van der Waals surface area contributed by atoms with Crippen LogP contribution in [0.1, 0.15) is 51.7 Å². The summed E-state index contributed by atoms with van der Waals surface area (Å²) in [5.74, 6) is 0.626. The molecule has 0 spiro atoms. The number of hydrogen-bond donors (Lipinski definition) is 0. The maximum absolute atomic E-state index is 2.30. The Morgan fingerprint density at radius 2 is 1.25 bits per heavy atom. The number of aryl methyl sites for hydroxylation is 1. The van der Waals surface area contributed by atoms with Crippen LogP contribution in [0.15, 0.2) is 48.5 Å². The van der Waals surface area contributed by atoms with E-state index >= 15 is 0 Å². The number of hydrogen-bond acceptors (Lipinski definition) is 0. The molecule has 0 aromatic heterocycles. The molecule has 2 rings (SSSR count). The summed E-state index contributed by atoms with van der Waals surface area (Å²) in [5.41, 5.74) is 2.86. The molecular formula is C19H26I-. The number of halogens is 1.